The predicted octanol–water partition coefficient (Wildman–Crippen LogP) is 0.576. The Morgan fingerprint density at radius 3 is 2.44 bits per heavy atom. The third-order valence-corrected chi connectivity index (χ3v) is 3.42. The second-order valence-electron chi connectivity index (χ2n) is 4.14. The van der Waals surface area contributed by atoms with Crippen LogP contribution in [0.5, 0.6) is 0 Å². The Hall–Kier alpha value is -0.310. The van der Waals surface area contributed by atoms with Crippen LogP contribution in [-0.4, -0.2) is 52.9 Å². The largest absolute Gasteiger partial charge is 0.374 e. The van der Waals surface area contributed by atoms with Gasteiger partial charge in [-0.25, -0.2) is 21.9 Å². The highest BCUT2D eigenvalue weighted by atomic mass is 32.2. The molecule has 0 amide bonds. The molecule has 0 aliphatic rings. The summed E-state index contributed by atoms with van der Waals surface area (Å²) in [4.78, 5) is 0. The number of sulfonamides is 1. The van der Waals surface area contributed by atoms with Crippen LogP contribution in [0.4, 0.5) is 8.78 Å². The van der Waals surface area contributed by atoms with Crippen LogP contribution in [0.3, 0.4) is 0 Å². The quantitative estimate of drug-likeness (QED) is 0.546. The van der Waals surface area contributed by atoms with Gasteiger partial charge in [-0.1, -0.05) is 13.8 Å². The maximum atomic E-state index is 11.7. The van der Waals surface area contributed by atoms with Crippen LogP contribution in [0.2, 0.25) is 0 Å². The third kappa shape index (κ3) is 12.2. The maximum absolute atomic E-state index is 11.7. The predicted molar refractivity (Wildman–Crippen MR) is 66.4 cm³/mol. The summed E-state index contributed by atoms with van der Waals surface area (Å²) in [6.07, 6.45) is -2.02. The van der Waals surface area contributed by atoms with E-state index in [1.165, 1.54) is 0 Å². The van der Waals surface area contributed by atoms with Crippen molar-refractivity contribution < 1.29 is 21.9 Å². The second-order valence-corrected chi connectivity index (χ2v) is 6.07. The summed E-state index contributed by atoms with van der Waals surface area (Å²) in [5, 5.41) is 3.11. The molecule has 0 aromatic heterocycles. The summed E-state index contributed by atoms with van der Waals surface area (Å²) in [5.41, 5.74) is 0. The summed E-state index contributed by atoms with van der Waals surface area (Å²) < 4.78 is 53.1. The molecule has 0 heterocycles. The minimum Gasteiger partial charge on any atom is -0.374 e. The Morgan fingerprint density at radius 1 is 1.22 bits per heavy atom. The summed E-state index contributed by atoms with van der Waals surface area (Å²) in [5.74, 6) is 0.0154. The Labute approximate surface area is 107 Å². The molecule has 0 aromatic rings. The first kappa shape index (κ1) is 17.7. The lowest BCUT2D eigenvalue weighted by atomic mass is 10.4. The fraction of sp³-hybridized carbons (Fsp3) is 1.00. The first-order valence-corrected chi connectivity index (χ1v) is 7.55. The van der Waals surface area contributed by atoms with Gasteiger partial charge in [0.2, 0.25) is 10.0 Å². The molecule has 0 aliphatic carbocycles. The monoisotopic (exact) mass is 288 g/mol. The lowest BCUT2D eigenvalue weighted by Gasteiger charge is -2.09. The zero-order valence-electron chi connectivity index (χ0n) is 10.8. The smallest absolute Gasteiger partial charge is 0.261 e. The van der Waals surface area contributed by atoms with E-state index < -0.39 is 23.1 Å². The van der Waals surface area contributed by atoms with Gasteiger partial charge >= 0.3 is 0 Å². The van der Waals surface area contributed by atoms with E-state index in [0.717, 1.165) is 0 Å². The molecule has 5 nitrogen and oxygen atoms in total. The van der Waals surface area contributed by atoms with Crippen LogP contribution >= 0.6 is 0 Å². The van der Waals surface area contributed by atoms with E-state index in [2.05, 4.69) is 14.8 Å². The van der Waals surface area contributed by atoms with Crippen molar-refractivity contribution in [1.82, 2.24) is 10.0 Å². The number of hydrogen-bond donors (Lipinski definition) is 2. The summed E-state index contributed by atoms with van der Waals surface area (Å²) in [6.45, 7) is 3.89. The molecule has 0 aliphatic heterocycles. The van der Waals surface area contributed by atoms with Gasteiger partial charge in [0.15, 0.2) is 0 Å². The highest BCUT2D eigenvalue weighted by molar-refractivity contribution is 7.89. The fourth-order valence-electron chi connectivity index (χ4n) is 1.17. The molecule has 0 saturated heterocycles. The van der Waals surface area contributed by atoms with Crippen molar-refractivity contribution in [3.63, 3.8) is 0 Å². The van der Waals surface area contributed by atoms with Crippen molar-refractivity contribution in [3.8, 4) is 0 Å². The van der Waals surface area contributed by atoms with Crippen LogP contribution in [0.1, 0.15) is 20.3 Å². The average Bonchev–Trinajstić information content (AvgIpc) is 2.23. The van der Waals surface area contributed by atoms with E-state index in [1.54, 1.807) is 0 Å². The van der Waals surface area contributed by atoms with Gasteiger partial charge in [-0.15, -0.1) is 0 Å². The van der Waals surface area contributed by atoms with Crippen molar-refractivity contribution in [1.29, 1.82) is 0 Å². The van der Waals surface area contributed by atoms with Gasteiger partial charge in [-0.05, 0) is 13.0 Å². The van der Waals surface area contributed by atoms with Gasteiger partial charge in [-0.3, -0.25) is 0 Å². The molecule has 0 aromatic carbocycles. The van der Waals surface area contributed by atoms with Gasteiger partial charge in [0, 0.05) is 12.6 Å². The fourth-order valence-corrected chi connectivity index (χ4v) is 2.23. The SMILES string of the molecule is CC(C)NCCCS(=O)(=O)NCCOCC(F)F. The zero-order chi connectivity index (χ0) is 14.0. The highest BCUT2D eigenvalue weighted by Gasteiger charge is 2.09. The second kappa shape index (κ2) is 9.60. The van der Waals surface area contributed by atoms with Crippen molar-refractivity contribution in [3.05, 3.63) is 0 Å². The molecule has 2 N–H and O–H groups in total. The van der Waals surface area contributed by atoms with Crippen LogP contribution in [-0.2, 0) is 14.8 Å². The van der Waals surface area contributed by atoms with E-state index in [-0.39, 0.29) is 18.9 Å². The minimum absolute atomic E-state index is 0.0154. The van der Waals surface area contributed by atoms with Crippen molar-refractivity contribution in [2.24, 2.45) is 0 Å². The average molecular weight is 288 g/mol. The number of rotatable bonds is 11. The topological polar surface area (TPSA) is 67.4 Å². The van der Waals surface area contributed by atoms with Crippen molar-refractivity contribution >= 4 is 10.0 Å². The van der Waals surface area contributed by atoms with E-state index >= 15 is 0 Å². The van der Waals surface area contributed by atoms with Gasteiger partial charge < -0.3 is 10.1 Å². The minimum atomic E-state index is -3.34. The van der Waals surface area contributed by atoms with Crippen LogP contribution in [0, 0.1) is 0 Å². The number of alkyl halides is 2. The van der Waals surface area contributed by atoms with Crippen LogP contribution < -0.4 is 10.0 Å². The molecule has 8 heteroatoms. The van der Waals surface area contributed by atoms with Gasteiger partial charge in [0.05, 0.1) is 12.4 Å². The van der Waals surface area contributed by atoms with Gasteiger partial charge in [0.1, 0.15) is 6.61 Å². The molecule has 0 radical (unpaired) electrons. The molecular weight excluding hydrogens is 266 g/mol. The lowest BCUT2D eigenvalue weighted by Crippen LogP contribution is -2.32. The molecule has 110 valence electrons. The molecule has 0 fully saturated rings. The first-order valence-electron chi connectivity index (χ1n) is 5.90. The third-order valence-electron chi connectivity index (χ3n) is 1.95. The molecule has 0 atom stereocenters. The standard InChI is InChI=1S/C10H22F2N2O3S/c1-9(2)13-4-3-7-18(15,16)14-5-6-17-8-10(11)12/h9-10,13-14H,3-8H2,1-2H3. The summed E-state index contributed by atoms with van der Waals surface area (Å²) >= 11 is 0. The van der Waals surface area contributed by atoms with E-state index in [4.69, 9.17) is 0 Å². The lowest BCUT2D eigenvalue weighted by molar-refractivity contribution is 0.0199. The normalized spacial score (nSPS) is 12.6. The Morgan fingerprint density at radius 2 is 1.89 bits per heavy atom. The number of ether oxygens (including phenoxy) is 1. The highest BCUT2D eigenvalue weighted by Crippen LogP contribution is 1.93. The molecule has 18 heavy (non-hydrogen) atoms. The van der Waals surface area contributed by atoms with E-state index in [1.807, 2.05) is 13.8 Å². The molecular formula is C10H22F2N2O3S. The zero-order valence-corrected chi connectivity index (χ0v) is 11.6. The van der Waals surface area contributed by atoms with E-state index in [9.17, 15) is 17.2 Å². The van der Waals surface area contributed by atoms with Crippen LogP contribution in [0.25, 0.3) is 0 Å². The van der Waals surface area contributed by atoms with Crippen LogP contribution in [0.15, 0.2) is 0 Å². The summed E-state index contributed by atoms with van der Waals surface area (Å²) in [7, 11) is -3.34. The molecule has 0 spiro atoms. The maximum Gasteiger partial charge on any atom is 0.261 e. The Kier molecular flexibility index (Phi) is 9.43. The molecule has 0 rings (SSSR count). The van der Waals surface area contributed by atoms with Crippen molar-refractivity contribution in [2.75, 3.05) is 32.1 Å². The number of hydrogen-bond acceptors (Lipinski definition) is 4. The number of halogens is 2. The first-order chi connectivity index (χ1) is 8.33. The molecule has 0 bridgehead atoms. The molecule has 0 unspecified atom stereocenters. The summed E-state index contributed by atoms with van der Waals surface area (Å²) in [6, 6.07) is 0.323. The number of nitrogens with one attached hydrogen (secondary N) is 2. The van der Waals surface area contributed by atoms with Gasteiger partial charge in [-0.2, -0.15) is 0 Å². The van der Waals surface area contributed by atoms with E-state index in [0.29, 0.717) is 19.0 Å². The van der Waals surface area contributed by atoms with Gasteiger partial charge in [0.25, 0.3) is 6.43 Å². The Balaban J connectivity index is 3.55. The van der Waals surface area contributed by atoms with Crippen molar-refractivity contribution in [2.45, 2.75) is 32.7 Å². The Bertz CT molecular complexity index is 297. The molecule has 0 saturated carbocycles.